The van der Waals surface area contributed by atoms with Crippen molar-refractivity contribution in [2.24, 2.45) is 17.3 Å². The molecular formula is C72H81N9O16S. The van der Waals surface area contributed by atoms with Gasteiger partial charge >= 0.3 is 18.0 Å². The Kier molecular flexibility index (Phi) is 20.8. The largest absolute Gasteiger partial charge is 0.479 e. The third-order valence-electron chi connectivity index (χ3n) is 20.2. The number of aromatic nitrogens is 4. The van der Waals surface area contributed by atoms with Gasteiger partial charge in [0.25, 0.3) is 17.7 Å². The van der Waals surface area contributed by atoms with Crippen molar-refractivity contribution in [2.75, 3.05) is 50.5 Å². The number of aliphatic carboxylic acids is 1. The van der Waals surface area contributed by atoms with E-state index in [2.05, 4.69) is 20.9 Å². The van der Waals surface area contributed by atoms with E-state index in [4.69, 9.17) is 24.3 Å². The van der Waals surface area contributed by atoms with Gasteiger partial charge in [-0.15, -0.1) is 0 Å². The predicted octanol–water partition coefficient (Wildman–Crippen LogP) is 7.63. The molecule has 4 bridgehead atoms. The SMILES string of the molecule is Cc1c(-c2ccc(C3CCc4cccc(C(=O)Nc5nc6ccccc6s5)c4C3)nc2C(=O)O)cnn1CC12CC3CC(C1)CC(OCCN(C)C(=O)OC/C=C/c1ccc(C[C@@H]4O[C@H](C(=O)O)[C@@H](O)[C@H](O)[C@H]4O)c(NC(=O)CCNC(=O)CCCCCN4C(=O)C=CC4=O)c1)(C3)C2. The summed E-state index contributed by atoms with van der Waals surface area (Å²) in [6, 6.07) is 22.2. The number of ether oxygens (including phenoxy) is 3. The van der Waals surface area contributed by atoms with Crippen molar-refractivity contribution >= 4 is 86.0 Å². The fourth-order valence-electron chi connectivity index (χ4n) is 15.8. The summed E-state index contributed by atoms with van der Waals surface area (Å²) in [7, 11) is 1.64. The van der Waals surface area contributed by atoms with E-state index >= 15 is 0 Å². The average molecular weight is 1360 g/mol. The van der Waals surface area contributed by atoms with Crippen molar-refractivity contribution < 1.29 is 78.1 Å². The Balaban J connectivity index is 0.630. The van der Waals surface area contributed by atoms with Crippen LogP contribution >= 0.6 is 11.3 Å². The van der Waals surface area contributed by atoms with Crippen molar-refractivity contribution in [3.05, 3.63) is 142 Å². The van der Waals surface area contributed by atoms with Gasteiger partial charge in [0, 0.05) is 104 Å². The number of unbranched alkanes of at least 4 members (excludes halogenated alkanes) is 2. The van der Waals surface area contributed by atoms with Crippen molar-refractivity contribution in [3.63, 3.8) is 0 Å². The first-order chi connectivity index (χ1) is 47.1. The van der Waals surface area contributed by atoms with Crippen LogP contribution in [0.25, 0.3) is 27.4 Å². The van der Waals surface area contributed by atoms with Gasteiger partial charge in [0.15, 0.2) is 16.9 Å². The highest BCUT2D eigenvalue weighted by Gasteiger charge is 2.59. The number of nitrogens with one attached hydrogen (secondary N) is 3. The van der Waals surface area contributed by atoms with Crippen LogP contribution < -0.4 is 16.0 Å². The molecule has 3 aromatic carbocycles. The monoisotopic (exact) mass is 1360 g/mol. The number of carbonyl (C=O) groups excluding carboxylic acids is 6. The van der Waals surface area contributed by atoms with Gasteiger partial charge in [-0.3, -0.25) is 38.9 Å². The van der Waals surface area contributed by atoms with E-state index in [1.54, 1.807) is 43.6 Å². The number of carboxylic acids is 2. The number of anilines is 2. The lowest BCUT2D eigenvalue weighted by atomic mass is 9.48. The van der Waals surface area contributed by atoms with Crippen LogP contribution in [-0.2, 0) is 64.0 Å². The maximum Gasteiger partial charge on any atom is 0.409 e. The lowest BCUT2D eigenvalue weighted by Crippen LogP contribution is -2.60. The Hall–Kier alpha value is -9.05. The number of aliphatic hydroxyl groups is 3. The number of imide groups is 1. The lowest BCUT2D eigenvalue weighted by Gasteiger charge is -2.61. The van der Waals surface area contributed by atoms with Crippen LogP contribution in [0.1, 0.15) is 137 Å². The summed E-state index contributed by atoms with van der Waals surface area (Å²) in [5, 5.41) is 66.0. The Labute approximate surface area is 569 Å². The second-order valence-electron chi connectivity index (χ2n) is 27.1. The number of fused-ring (bicyclic) bond motifs is 2. The highest BCUT2D eigenvalue weighted by molar-refractivity contribution is 7.22. The summed E-state index contributed by atoms with van der Waals surface area (Å²) >= 11 is 1.42. The van der Waals surface area contributed by atoms with Gasteiger partial charge in [-0.05, 0) is 160 Å². The predicted molar refractivity (Wildman–Crippen MR) is 360 cm³/mol. The van der Waals surface area contributed by atoms with Crippen molar-refractivity contribution in [2.45, 2.75) is 152 Å². The van der Waals surface area contributed by atoms with E-state index in [1.807, 2.05) is 66.2 Å². The minimum atomic E-state index is -1.89. The van der Waals surface area contributed by atoms with Crippen LogP contribution in [0.2, 0.25) is 0 Å². The number of hydrogen-bond acceptors (Lipinski definition) is 18. The molecule has 1 saturated heterocycles. The zero-order valence-corrected chi connectivity index (χ0v) is 55.4. The molecule has 2 aliphatic heterocycles. The Morgan fingerprint density at radius 1 is 0.847 bits per heavy atom. The van der Waals surface area contributed by atoms with E-state index in [-0.39, 0.29) is 104 Å². The van der Waals surface area contributed by atoms with Crippen LogP contribution in [0.5, 0.6) is 0 Å². The van der Waals surface area contributed by atoms with Crippen LogP contribution in [-0.4, -0.2) is 179 Å². The van der Waals surface area contributed by atoms with Crippen LogP contribution in [0, 0.1) is 24.2 Å². The Morgan fingerprint density at radius 3 is 2.40 bits per heavy atom. The van der Waals surface area contributed by atoms with Crippen LogP contribution in [0.3, 0.4) is 0 Å². The molecule has 0 radical (unpaired) electrons. The second-order valence-corrected chi connectivity index (χ2v) is 28.1. The minimum Gasteiger partial charge on any atom is -0.479 e. The van der Waals surface area contributed by atoms with E-state index in [1.165, 1.54) is 28.4 Å². The number of aromatic carboxylic acids is 1. The van der Waals surface area contributed by atoms with Gasteiger partial charge in [0.1, 0.15) is 24.9 Å². The normalized spacial score (nSPS) is 24.6. The summed E-state index contributed by atoms with van der Waals surface area (Å²) in [6.07, 6.45) is 7.72. The summed E-state index contributed by atoms with van der Waals surface area (Å²) in [4.78, 5) is 114. The molecule has 0 spiro atoms. The summed E-state index contributed by atoms with van der Waals surface area (Å²) in [5.41, 5.74) is 6.79. The number of rotatable bonds is 27. The van der Waals surface area contributed by atoms with E-state index in [0.717, 1.165) is 76.9 Å². The number of aryl methyl sites for hydroxylation is 1. The van der Waals surface area contributed by atoms with Gasteiger partial charge in [-0.2, -0.15) is 5.10 Å². The first-order valence-electron chi connectivity index (χ1n) is 33.5. The molecule has 5 aliphatic carbocycles. The fourth-order valence-corrected chi connectivity index (χ4v) is 16.6. The maximum atomic E-state index is 13.8. The molecule has 8 N–H and O–H groups in total. The Morgan fingerprint density at radius 2 is 1.63 bits per heavy atom. The summed E-state index contributed by atoms with van der Waals surface area (Å²) in [6.45, 7) is 3.33. The zero-order valence-electron chi connectivity index (χ0n) is 54.6. The standard InChI is InChI=1S/C72H81N9O16S/c1-41-51(48-20-21-52(76-61(48)67(90)91)46-19-18-45-11-8-12-49(50(45)32-46)66(89)78-69-77-53-13-5-6-14-56(53)98-69)38-74-81(41)40-71-34-43-30-44(35-71)37-72(36-43,39-71)96-29-27-79(2)70(94)95-28-9-10-42-16-17-47(33-55-62(86)63(87)64(88)65(97-55)68(92)93)54(31-42)75-58(83)24-25-73-57(82)15-4-3-7-26-80-59(84)22-23-60(80)85/h5-6,8-14,16-17,20-23,31,38,43-44,46,55,62-65,86-88H,3-4,7,15,18-19,24-30,32-37,39-40H2,1-2H3,(H,73,82)(H,75,83)(H,90,91)(H,92,93)(H,77,78,89)/b10-9+/t43?,44?,46?,55-,62-,63+,64-,65-,71?,72?/m0/s1. The molecule has 5 heterocycles. The number of pyridine rings is 1. The van der Waals surface area contributed by atoms with Gasteiger partial charge in [-0.1, -0.05) is 60.2 Å². The second kappa shape index (κ2) is 29.6. The molecule has 5 fully saturated rings. The molecule has 3 aromatic heterocycles. The molecule has 6 aromatic rings. The number of thiazole rings is 1. The van der Waals surface area contributed by atoms with Gasteiger partial charge in [0.2, 0.25) is 11.8 Å². The number of aliphatic hydroxyl groups excluding tert-OH is 3. The molecule has 8 atom stereocenters. The summed E-state index contributed by atoms with van der Waals surface area (Å²) < 4.78 is 21.0. The number of nitrogens with zero attached hydrogens (tertiary/aromatic N) is 6. The molecule has 13 rings (SSSR count). The number of carboxylic acid groups (broad SMARTS) is 2. The number of amides is 6. The van der Waals surface area contributed by atoms with Crippen LogP contribution in [0.4, 0.5) is 15.6 Å². The van der Waals surface area contributed by atoms with E-state index in [0.29, 0.717) is 89.1 Å². The molecule has 516 valence electrons. The number of para-hydroxylation sites is 1. The highest BCUT2D eigenvalue weighted by Crippen LogP contribution is 2.63. The maximum absolute atomic E-state index is 13.8. The molecule has 7 aliphatic rings. The summed E-state index contributed by atoms with van der Waals surface area (Å²) in [5.74, 6) is -3.60. The van der Waals surface area contributed by atoms with E-state index in [9.17, 15) is 63.9 Å². The van der Waals surface area contributed by atoms with Crippen molar-refractivity contribution in [1.82, 2.24) is 34.9 Å². The molecule has 6 amide bonds. The minimum absolute atomic E-state index is 0.00346. The number of likely N-dealkylation sites (N-methyl/N-ethyl adjacent to an activating group) is 1. The topological polar surface area (TPSA) is 352 Å². The quantitative estimate of drug-likeness (QED) is 0.0181. The number of carbonyl (C=O) groups is 8. The average Bonchev–Trinajstić information content (AvgIpc) is 0.985. The van der Waals surface area contributed by atoms with Gasteiger partial charge < -0.3 is 55.3 Å². The highest BCUT2D eigenvalue weighted by atomic mass is 32.1. The third kappa shape index (κ3) is 15.4. The molecular weight excluding hydrogens is 1280 g/mol. The third-order valence-corrected chi connectivity index (χ3v) is 21.1. The molecule has 25 nitrogen and oxygen atoms in total. The van der Waals surface area contributed by atoms with Crippen molar-refractivity contribution in [1.29, 1.82) is 0 Å². The van der Waals surface area contributed by atoms with Gasteiger partial charge in [-0.25, -0.2) is 24.4 Å². The van der Waals surface area contributed by atoms with E-state index < -0.39 is 54.5 Å². The smallest absolute Gasteiger partial charge is 0.409 e. The van der Waals surface area contributed by atoms with Gasteiger partial charge in [0.05, 0.1) is 34.7 Å². The zero-order chi connectivity index (χ0) is 69.0. The molecule has 3 unspecified atom stereocenters. The first kappa shape index (κ1) is 68.9. The molecule has 26 heteroatoms. The molecule has 4 saturated carbocycles. The van der Waals surface area contributed by atoms with Crippen LogP contribution in [0.15, 0.2) is 97.2 Å². The molecule has 98 heavy (non-hydrogen) atoms. The fraction of sp³-hybridized carbons (Fsp3) is 0.458. The number of hydrogen-bond donors (Lipinski definition) is 8. The number of benzene rings is 3. The lowest BCUT2D eigenvalue weighted by molar-refractivity contribution is -0.227. The Bertz CT molecular complexity index is 4060. The van der Waals surface area contributed by atoms with Crippen molar-refractivity contribution in [3.8, 4) is 11.1 Å². The first-order valence-corrected chi connectivity index (χ1v) is 34.3.